The second-order valence-corrected chi connectivity index (χ2v) is 23.7. The molecule has 0 spiro atoms. The van der Waals surface area contributed by atoms with Crippen molar-refractivity contribution in [3.05, 3.63) is 54.1 Å². The average Bonchev–Trinajstić information content (AvgIpc) is 3.47. The van der Waals surface area contributed by atoms with Crippen LogP contribution >= 0.6 is 0 Å². The number of rotatable bonds is 12. The zero-order valence-electron chi connectivity index (χ0n) is 24.0. The van der Waals surface area contributed by atoms with Crippen molar-refractivity contribution in [3.63, 3.8) is 0 Å². The van der Waals surface area contributed by atoms with Gasteiger partial charge in [-0.3, -0.25) is 0 Å². The molecule has 2 aromatic heterocycles. The molecule has 4 rings (SSSR count). The molecule has 0 unspecified atom stereocenters. The van der Waals surface area contributed by atoms with Crippen molar-refractivity contribution < 1.29 is 22.6 Å². The maximum Gasteiger partial charge on any atom is 0.163 e. The number of benzene rings is 2. The third-order valence-corrected chi connectivity index (χ3v) is 10.0. The van der Waals surface area contributed by atoms with Crippen LogP contribution in [0.4, 0.5) is 18.9 Å². The number of nitrogens with two attached hydrogens (primary N) is 1. The Kier molecular flexibility index (Phi) is 8.93. The number of nitrogen functional groups attached to an aromatic ring is 1. The lowest BCUT2D eigenvalue weighted by Crippen LogP contribution is -2.22. The Morgan fingerprint density at radius 1 is 0.850 bits per heavy atom. The molecular formula is C28H38F3N5O2Si2. The second-order valence-electron chi connectivity index (χ2n) is 12.4. The Morgan fingerprint density at radius 3 is 2.15 bits per heavy atom. The van der Waals surface area contributed by atoms with E-state index < -0.39 is 39.2 Å². The molecule has 4 aromatic rings. The van der Waals surface area contributed by atoms with Crippen LogP contribution in [0.3, 0.4) is 0 Å². The first kappa shape index (κ1) is 30.0. The van der Waals surface area contributed by atoms with Gasteiger partial charge in [-0.15, -0.1) is 0 Å². The lowest BCUT2D eigenvalue weighted by molar-refractivity contribution is 0.0812. The number of imidazole rings is 1. The third kappa shape index (κ3) is 6.85. The molecule has 0 amide bonds. The van der Waals surface area contributed by atoms with Gasteiger partial charge in [-0.25, -0.2) is 22.8 Å². The van der Waals surface area contributed by atoms with Crippen molar-refractivity contribution in [1.29, 1.82) is 0 Å². The topological polar surface area (TPSA) is 80.1 Å². The van der Waals surface area contributed by atoms with Crippen LogP contribution in [0.1, 0.15) is 0 Å². The molecule has 2 heterocycles. The molecule has 0 radical (unpaired) electrons. The summed E-state index contributed by atoms with van der Waals surface area (Å²) < 4.78 is 60.8. The number of ether oxygens (including phenoxy) is 2. The first-order chi connectivity index (χ1) is 18.8. The number of halogens is 3. The molecule has 0 aliphatic heterocycles. The van der Waals surface area contributed by atoms with Gasteiger partial charge in [0, 0.05) is 52.7 Å². The molecule has 0 aliphatic rings. The molecule has 0 fully saturated rings. The number of hydrogen-bond donors (Lipinski definition) is 1. The van der Waals surface area contributed by atoms with Gasteiger partial charge in [-0.2, -0.15) is 5.10 Å². The van der Waals surface area contributed by atoms with Crippen LogP contribution in [0, 0.1) is 17.5 Å². The first-order valence-corrected chi connectivity index (χ1v) is 20.8. The van der Waals surface area contributed by atoms with Crippen LogP contribution in [-0.2, 0) is 22.9 Å². The molecule has 0 saturated heterocycles. The monoisotopic (exact) mass is 589 g/mol. The maximum atomic E-state index is 16.2. The summed E-state index contributed by atoms with van der Waals surface area (Å²) in [5.74, 6) is -2.25. The molecule has 0 atom stereocenters. The van der Waals surface area contributed by atoms with E-state index in [1.165, 1.54) is 10.7 Å². The van der Waals surface area contributed by atoms with E-state index in [4.69, 9.17) is 15.2 Å². The van der Waals surface area contributed by atoms with Crippen molar-refractivity contribution in [1.82, 2.24) is 19.3 Å². The highest BCUT2D eigenvalue weighted by molar-refractivity contribution is 6.76. The second kappa shape index (κ2) is 11.9. The quantitative estimate of drug-likeness (QED) is 0.107. The Morgan fingerprint density at radius 2 is 1.50 bits per heavy atom. The van der Waals surface area contributed by atoms with E-state index in [-0.39, 0.29) is 30.2 Å². The third-order valence-electron chi connectivity index (χ3n) is 6.60. The van der Waals surface area contributed by atoms with E-state index >= 15 is 4.39 Å². The summed E-state index contributed by atoms with van der Waals surface area (Å²) >= 11 is 0. The van der Waals surface area contributed by atoms with Crippen molar-refractivity contribution in [2.45, 2.75) is 64.8 Å². The van der Waals surface area contributed by atoms with E-state index in [1.54, 1.807) is 18.5 Å². The highest BCUT2D eigenvalue weighted by Gasteiger charge is 2.25. The molecule has 216 valence electrons. The van der Waals surface area contributed by atoms with Crippen molar-refractivity contribution in [3.8, 4) is 22.6 Å². The van der Waals surface area contributed by atoms with Gasteiger partial charge >= 0.3 is 0 Å². The van der Waals surface area contributed by atoms with E-state index in [1.807, 2.05) is 4.57 Å². The van der Waals surface area contributed by atoms with Gasteiger partial charge in [-0.1, -0.05) is 45.3 Å². The normalized spacial score (nSPS) is 12.5. The van der Waals surface area contributed by atoms with Crippen LogP contribution in [0.15, 0.2) is 36.7 Å². The number of fused-ring (bicyclic) bond motifs is 1. The van der Waals surface area contributed by atoms with E-state index in [0.29, 0.717) is 30.1 Å². The summed E-state index contributed by atoms with van der Waals surface area (Å²) in [5, 5.41) is 5.11. The van der Waals surface area contributed by atoms with Crippen LogP contribution in [0.2, 0.25) is 51.4 Å². The summed E-state index contributed by atoms with van der Waals surface area (Å²) in [6, 6.07) is 7.03. The fourth-order valence-electron chi connectivity index (χ4n) is 4.20. The largest absolute Gasteiger partial charge is 0.396 e. The van der Waals surface area contributed by atoms with Gasteiger partial charge in [0.1, 0.15) is 30.5 Å². The molecule has 0 aliphatic carbocycles. The van der Waals surface area contributed by atoms with Gasteiger partial charge in [0.05, 0.1) is 11.3 Å². The Balaban J connectivity index is 1.76. The van der Waals surface area contributed by atoms with Crippen LogP contribution in [-0.4, -0.2) is 48.7 Å². The number of aromatic nitrogens is 4. The minimum atomic E-state index is -1.35. The van der Waals surface area contributed by atoms with Crippen LogP contribution in [0.25, 0.3) is 33.5 Å². The summed E-state index contributed by atoms with van der Waals surface area (Å²) in [7, 11) is -2.60. The van der Waals surface area contributed by atoms with Crippen molar-refractivity contribution >= 4 is 32.7 Å². The highest BCUT2D eigenvalue weighted by Crippen LogP contribution is 2.37. The zero-order valence-corrected chi connectivity index (χ0v) is 26.0. The average molecular weight is 590 g/mol. The highest BCUT2D eigenvalue weighted by atomic mass is 28.3. The molecule has 12 heteroatoms. The first-order valence-electron chi connectivity index (χ1n) is 13.4. The molecule has 40 heavy (non-hydrogen) atoms. The molecule has 7 nitrogen and oxygen atoms in total. The molecular weight excluding hydrogens is 552 g/mol. The van der Waals surface area contributed by atoms with E-state index in [2.05, 4.69) is 49.4 Å². The molecule has 2 aromatic carbocycles. The summed E-state index contributed by atoms with van der Waals surface area (Å²) in [4.78, 5) is 4.48. The number of hydrogen-bond acceptors (Lipinski definition) is 5. The smallest absolute Gasteiger partial charge is 0.163 e. The molecule has 2 N–H and O–H groups in total. The summed E-state index contributed by atoms with van der Waals surface area (Å²) in [6.07, 6.45) is 3.41. The van der Waals surface area contributed by atoms with Gasteiger partial charge in [0.15, 0.2) is 17.5 Å². The lowest BCUT2D eigenvalue weighted by atomic mass is 10.0. The molecule has 0 saturated carbocycles. The minimum Gasteiger partial charge on any atom is -0.396 e. The predicted molar refractivity (Wildman–Crippen MR) is 159 cm³/mol. The standard InChI is InChI=1S/C28H38F3N5O2Si2/c1-39(2,3)15-13-37-17-35-12-11-33-28(35)26-20-8-7-19(23-21(29)9-10-22(32)25(23)31)24(30)27(20)36(34-26)18-38-14-16-40(4,5)6/h7-12H,13-18,32H2,1-6H3. The van der Waals surface area contributed by atoms with E-state index in [9.17, 15) is 8.78 Å². The van der Waals surface area contributed by atoms with Crippen LogP contribution in [0.5, 0.6) is 0 Å². The minimum absolute atomic E-state index is 0.0311. The number of nitrogens with zero attached hydrogens (tertiary/aromatic N) is 4. The van der Waals surface area contributed by atoms with Gasteiger partial charge in [-0.05, 0) is 30.3 Å². The Bertz CT molecular complexity index is 1490. The Hall–Kier alpha value is -2.94. The van der Waals surface area contributed by atoms with Crippen LogP contribution < -0.4 is 5.73 Å². The zero-order chi connectivity index (χ0) is 29.2. The Labute approximate surface area is 235 Å². The summed E-state index contributed by atoms with van der Waals surface area (Å²) in [5.41, 5.74) is 5.12. The van der Waals surface area contributed by atoms with Gasteiger partial charge < -0.3 is 19.8 Å². The fraction of sp³-hybridized carbons (Fsp3) is 0.429. The predicted octanol–water partition coefficient (Wildman–Crippen LogP) is 7.19. The number of anilines is 1. The SMILES string of the molecule is C[Si](C)(C)CCOCn1ccnc1-c1nn(COCC[Si](C)(C)C)c2c(F)c(-c3c(F)ccc(N)c3F)ccc12. The maximum absolute atomic E-state index is 16.2. The van der Waals surface area contributed by atoms with Crippen molar-refractivity contribution in [2.75, 3.05) is 18.9 Å². The molecule has 0 bridgehead atoms. The van der Waals surface area contributed by atoms with Gasteiger partial charge in [0.2, 0.25) is 0 Å². The fourth-order valence-corrected chi connectivity index (χ4v) is 5.71. The van der Waals surface area contributed by atoms with Gasteiger partial charge in [0.25, 0.3) is 0 Å². The van der Waals surface area contributed by atoms with Crippen molar-refractivity contribution in [2.24, 2.45) is 0 Å². The van der Waals surface area contributed by atoms with E-state index in [0.717, 1.165) is 24.2 Å². The summed E-state index contributed by atoms with van der Waals surface area (Å²) in [6.45, 7) is 14.9. The lowest BCUT2D eigenvalue weighted by Gasteiger charge is -2.16.